The lowest BCUT2D eigenvalue weighted by Gasteiger charge is -2.28. The van der Waals surface area contributed by atoms with Crippen molar-refractivity contribution in [1.82, 2.24) is 8.87 Å². The standard InChI is InChI=1S/C24H34N2O5S/c1-8-31-24(28)22-17(4)21(18(5)25(22)7)23(27)19(6)26(15-14-16(2)3)32(29,30)20-12-10-9-11-13-20/h9-13,16,19H,8,14-15H2,1-7H3. The van der Waals surface area contributed by atoms with E-state index in [2.05, 4.69) is 0 Å². The van der Waals surface area contributed by atoms with Gasteiger partial charge in [-0.1, -0.05) is 32.0 Å². The van der Waals surface area contributed by atoms with Gasteiger partial charge in [0, 0.05) is 24.8 Å². The van der Waals surface area contributed by atoms with E-state index in [1.54, 1.807) is 57.5 Å². The van der Waals surface area contributed by atoms with Crippen LogP contribution in [0.1, 0.15) is 66.2 Å². The number of Topliss-reactive ketones (excluding diaryl/α,β-unsaturated/α-hetero) is 1. The molecule has 7 nitrogen and oxygen atoms in total. The van der Waals surface area contributed by atoms with Gasteiger partial charge in [-0.2, -0.15) is 4.31 Å². The maximum absolute atomic E-state index is 13.6. The van der Waals surface area contributed by atoms with Crippen LogP contribution >= 0.6 is 0 Å². The van der Waals surface area contributed by atoms with Crippen molar-refractivity contribution in [2.24, 2.45) is 13.0 Å². The van der Waals surface area contributed by atoms with Crippen molar-refractivity contribution in [2.45, 2.75) is 58.9 Å². The van der Waals surface area contributed by atoms with Crippen molar-refractivity contribution in [3.05, 3.63) is 52.8 Å². The predicted molar refractivity (Wildman–Crippen MR) is 124 cm³/mol. The number of sulfonamides is 1. The zero-order valence-electron chi connectivity index (χ0n) is 20.0. The van der Waals surface area contributed by atoms with Crippen LogP contribution < -0.4 is 0 Å². The highest BCUT2D eigenvalue weighted by molar-refractivity contribution is 7.89. The van der Waals surface area contributed by atoms with Crippen molar-refractivity contribution in [1.29, 1.82) is 0 Å². The summed E-state index contributed by atoms with van der Waals surface area (Å²) in [6, 6.07) is 7.21. The number of benzene rings is 1. The Kier molecular flexibility index (Phi) is 8.42. The number of ether oxygens (including phenoxy) is 1. The molecular formula is C24H34N2O5S. The van der Waals surface area contributed by atoms with Crippen LogP contribution in [0.2, 0.25) is 0 Å². The van der Waals surface area contributed by atoms with Gasteiger partial charge in [0.05, 0.1) is 17.5 Å². The molecule has 1 aromatic heterocycles. The van der Waals surface area contributed by atoms with Gasteiger partial charge in [0.2, 0.25) is 10.0 Å². The first kappa shape index (κ1) is 25.8. The Hall–Kier alpha value is -2.45. The summed E-state index contributed by atoms with van der Waals surface area (Å²) < 4.78 is 35.0. The lowest BCUT2D eigenvalue weighted by atomic mass is 10.0. The third kappa shape index (κ3) is 5.13. The molecule has 2 rings (SSSR count). The average Bonchev–Trinajstić information content (AvgIpc) is 2.96. The maximum atomic E-state index is 13.6. The molecule has 0 spiro atoms. The molecule has 0 saturated carbocycles. The van der Waals surface area contributed by atoms with Crippen LogP contribution in [-0.2, 0) is 21.8 Å². The number of aromatic nitrogens is 1. The molecule has 176 valence electrons. The Bertz CT molecular complexity index is 1070. The van der Waals surface area contributed by atoms with Crippen molar-refractivity contribution < 1.29 is 22.7 Å². The van der Waals surface area contributed by atoms with E-state index in [0.29, 0.717) is 28.9 Å². The first-order valence-corrected chi connectivity index (χ1v) is 12.3. The Morgan fingerprint density at radius 1 is 1.09 bits per heavy atom. The van der Waals surface area contributed by atoms with Gasteiger partial charge in [0.25, 0.3) is 0 Å². The van der Waals surface area contributed by atoms with Crippen molar-refractivity contribution >= 4 is 21.8 Å². The van der Waals surface area contributed by atoms with Gasteiger partial charge in [-0.3, -0.25) is 4.79 Å². The molecule has 0 aliphatic carbocycles. The highest BCUT2D eigenvalue weighted by atomic mass is 32.2. The summed E-state index contributed by atoms with van der Waals surface area (Å²) in [6.45, 7) is 11.2. The number of carbonyl (C=O) groups excluding carboxylic acids is 2. The number of carbonyl (C=O) groups is 2. The summed E-state index contributed by atoms with van der Waals surface area (Å²) >= 11 is 0. The molecule has 0 radical (unpaired) electrons. The Morgan fingerprint density at radius 2 is 1.69 bits per heavy atom. The minimum atomic E-state index is -3.89. The van der Waals surface area contributed by atoms with Gasteiger partial charge in [-0.25, -0.2) is 13.2 Å². The summed E-state index contributed by atoms with van der Waals surface area (Å²) in [7, 11) is -2.19. The lowest BCUT2D eigenvalue weighted by Crippen LogP contribution is -2.44. The Labute approximate surface area is 191 Å². The molecule has 0 aliphatic heterocycles. The minimum absolute atomic E-state index is 0.150. The number of esters is 1. The molecule has 8 heteroatoms. The molecule has 1 aromatic carbocycles. The molecular weight excluding hydrogens is 428 g/mol. The number of hydrogen-bond donors (Lipinski definition) is 0. The number of hydrogen-bond acceptors (Lipinski definition) is 5. The van der Waals surface area contributed by atoms with E-state index in [9.17, 15) is 18.0 Å². The van der Waals surface area contributed by atoms with Crippen LogP contribution in [0.5, 0.6) is 0 Å². The predicted octanol–water partition coefficient (Wildman–Crippen LogP) is 4.13. The van der Waals surface area contributed by atoms with Gasteiger partial charge >= 0.3 is 5.97 Å². The van der Waals surface area contributed by atoms with Crippen molar-refractivity contribution in [3.63, 3.8) is 0 Å². The van der Waals surface area contributed by atoms with E-state index in [0.717, 1.165) is 0 Å². The summed E-state index contributed by atoms with van der Waals surface area (Å²) in [5, 5.41) is 0. The fourth-order valence-corrected chi connectivity index (χ4v) is 5.43. The lowest BCUT2D eigenvalue weighted by molar-refractivity contribution is 0.0514. The third-order valence-electron chi connectivity index (χ3n) is 5.73. The van der Waals surface area contributed by atoms with E-state index < -0.39 is 22.0 Å². The molecule has 1 atom stereocenters. The molecule has 0 amide bonds. The first-order valence-electron chi connectivity index (χ1n) is 10.9. The Morgan fingerprint density at radius 3 is 2.22 bits per heavy atom. The topological polar surface area (TPSA) is 85.7 Å². The van der Waals surface area contributed by atoms with Gasteiger partial charge in [0.1, 0.15) is 5.69 Å². The van der Waals surface area contributed by atoms with Gasteiger partial charge in [-0.05, 0) is 57.7 Å². The van der Waals surface area contributed by atoms with Crippen molar-refractivity contribution in [3.8, 4) is 0 Å². The van der Waals surface area contributed by atoms with E-state index in [1.165, 1.54) is 16.4 Å². The van der Waals surface area contributed by atoms with E-state index in [-0.39, 0.29) is 29.7 Å². The first-order chi connectivity index (χ1) is 14.9. The van der Waals surface area contributed by atoms with Crippen molar-refractivity contribution in [2.75, 3.05) is 13.2 Å². The highest BCUT2D eigenvalue weighted by Gasteiger charge is 2.36. The van der Waals surface area contributed by atoms with Crippen LogP contribution in [0, 0.1) is 19.8 Å². The van der Waals surface area contributed by atoms with Gasteiger partial charge in [0.15, 0.2) is 5.78 Å². The molecule has 0 saturated heterocycles. The third-order valence-corrected chi connectivity index (χ3v) is 7.72. The fraction of sp³-hybridized carbons (Fsp3) is 0.500. The van der Waals surface area contributed by atoms with E-state index >= 15 is 0 Å². The summed E-state index contributed by atoms with van der Waals surface area (Å²) in [4.78, 5) is 26.2. The molecule has 0 aliphatic rings. The number of ketones is 1. The van der Waals surface area contributed by atoms with E-state index in [1.807, 2.05) is 13.8 Å². The second-order valence-electron chi connectivity index (χ2n) is 8.37. The van der Waals surface area contributed by atoms with Crippen LogP contribution in [0.25, 0.3) is 0 Å². The normalized spacial score (nSPS) is 12.9. The molecule has 1 unspecified atom stereocenters. The average molecular weight is 463 g/mol. The highest BCUT2D eigenvalue weighted by Crippen LogP contribution is 2.27. The van der Waals surface area contributed by atoms with E-state index in [4.69, 9.17) is 4.74 Å². The largest absolute Gasteiger partial charge is 0.461 e. The fourth-order valence-electron chi connectivity index (χ4n) is 3.80. The number of rotatable bonds is 10. The summed E-state index contributed by atoms with van der Waals surface area (Å²) in [5.41, 5.74) is 1.77. The van der Waals surface area contributed by atoms with Crippen LogP contribution in [0.3, 0.4) is 0 Å². The zero-order chi connectivity index (χ0) is 24.2. The molecule has 2 aromatic rings. The molecule has 0 N–H and O–H groups in total. The SMILES string of the molecule is CCOC(=O)c1c(C)c(C(=O)C(C)N(CCC(C)C)S(=O)(=O)c2ccccc2)c(C)n1C. The smallest absolute Gasteiger partial charge is 0.355 e. The van der Waals surface area contributed by atoms with Gasteiger partial charge in [-0.15, -0.1) is 0 Å². The second-order valence-corrected chi connectivity index (χ2v) is 10.3. The number of nitrogens with zero attached hydrogens (tertiary/aromatic N) is 2. The summed E-state index contributed by atoms with van der Waals surface area (Å²) in [5.74, 6) is -0.577. The van der Waals surface area contributed by atoms with Gasteiger partial charge < -0.3 is 9.30 Å². The molecule has 0 bridgehead atoms. The monoisotopic (exact) mass is 462 g/mol. The summed E-state index contributed by atoms with van der Waals surface area (Å²) in [6.07, 6.45) is 0.616. The minimum Gasteiger partial charge on any atom is -0.461 e. The zero-order valence-corrected chi connectivity index (χ0v) is 20.8. The van der Waals surface area contributed by atoms with Crippen LogP contribution in [-0.4, -0.2) is 48.2 Å². The Balaban J connectivity index is 2.53. The maximum Gasteiger partial charge on any atom is 0.355 e. The molecule has 0 fully saturated rings. The van der Waals surface area contributed by atoms with Crippen LogP contribution in [0.15, 0.2) is 35.2 Å². The quantitative estimate of drug-likeness (QED) is 0.391. The second kappa shape index (κ2) is 10.4. The molecule has 1 heterocycles. The van der Waals surface area contributed by atoms with Crippen LogP contribution in [0.4, 0.5) is 0 Å². The molecule has 32 heavy (non-hydrogen) atoms.